The first-order chi connectivity index (χ1) is 14.4. The molecule has 0 fully saturated rings. The Morgan fingerprint density at radius 2 is 1.83 bits per heavy atom. The number of nitriles is 1. The molecular weight excluding hydrogens is 378 g/mol. The van der Waals surface area contributed by atoms with Crippen LogP contribution in [0.3, 0.4) is 0 Å². The Morgan fingerprint density at radius 1 is 1.03 bits per heavy atom. The van der Waals surface area contributed by atoms with E-state index >= 15 is 0 Å². The molecule has 0 unspecified atom stereocenters. The summed E-state index contributed by atoms with van der Waals surface area (Å²) >= 11 is 0. The molecule has 0 bridgehead atoms. The summed E-state index contributed by atoms with van der Waals surface area (Å²) in [6, 6.07) is 13.8. The highest BCUT2D eigenvalue weighted by Gasteiger charge is 2.18. The lowest BCUT2D eigenvalue weighted by Gasteiger charge is -2.15. The highest BCUT2D eigenvalue weighted by molar-refractivity contribution is 5.85. The maximum Gasteiger partial charge on any atom is 0.250 e. The van der Waals surface area contributed by atoms with Crippen LogP contribution in [0, 0.1) is 18.3 Å². The first-order valence-corrected chi connectivity index (χ1v) is 9.53. The number of fused-ring (bicyclic) bond motifs is 1. The summed E-state index contributed by atoms with van der Waals surface area (Å²) in [7, 11) is 0. The molecule has 0 radical (unpaired) electrons. The molecular formula is C23H19N5O2. The molecule has 0 saturated carbocycles. The van der Waals surface area contributed by atoms with Gasteiger partial charge in [0.25, 0.3) is 5.56 Å². The number of pyridine rings is 2. The van der Waals surface area contributed by atoms with Crippen molar-refractivity contribution in [3.63, 3.8) is 0 Å². The zero-order valence-corrected chi connectivity index (χ0v) is 16.8. The molecule has 0 saturated heterocycles. The van der Waals surface area contributed by atoms with Gasteiger partial charge in [-0.3, -0.25) is 9.59 Å². The topological polar surface area (TPSA) is 104 Å². The predicted octanol–water partition coefficient (Wildman–Crippen LogP) is 3.57. The Morgan fingerprint density at radius 3 is 2.57 bits per heavy atom. The van der Waals surface area contributed by atoms with E-state index in [1.807, 2.05) is 26.8 Å². The third-order valence-corrected chi connectivity index (χ3v) is 5.03. The number of aromatic amines is 1. The molecule has 0 atom stereocenters. The minimum Gasteiger partial charge on any atom is -0.312 e. The van der Waals surface area contributed by atoms with Gasteiger partial charge in [-0.15, -0.1) is 0 Å². The lowest BCUT2D eigenvalue weighted by molar-refractivity contribution is 0.579. The number of hydrogen-bond donors (Lipinski definition) is 1. The van der Waals surface area contributed by atoms with Crippen molar-refractivity contribution in [2.45, 2.75) is 26.8 Å². The molecule has 3 aromatic heterocycles. The first-order valence-electron chi connectivity index (χ1n) is 9.53. The van der Waals surface area contributed by atoms with Gasteiger partial charge in [0, 0.05) is 35.5 Å². The maximum atomic E-state index is 12.2. The minimum atomic E-state index is -0.272. The van der Waals surface area contributed by atoms with E-state index in [-0.39, 0.29) is 17.2 Å². The quantitative estimate of drug-likeness (QED) is 0.569. The molecule has 4 rings (SSSR count). The molecule has 4 aromatic rings. The van der Waals surface area contributed by atoms with Crippen molar-refractivity contribution >= 4 is 11.2 Å². The smallest absolute Gasteiger partial charge is 0.250 e. The summed E-state index contributed by atoms with van der Waals surface area (Å²) in [5.41, 5.74) is 4.40. The normalized spacial score (nSPS) is 11.0. The van der Waals surface area contributed by atoms with Crippen molar-refractivity contribution in [1.82, 2.24) is 19.5 Å². The molecule has 0 aliphatic carbocycles. The summed E-state index contributed by atoms with van der Waals surface area (Å²) in [4.78, 5) is 36.2. The Bertz CT molecular complexity index is 1440. The Hall–Kier alpha value is -4.05. The third kappa shape index (κ3) is 3.29. The van der Waals surface area contributed by atoms with Crippen LogP contribution in [0.15, 0.2) is 58.3 Å². The average Bonchev–Trinajstić information content (AvgIpc) is 2.73. The standard InChI is InChI=1S/C23H19N5O2/c1-13(2)28-12-16(7-10-20(28)30)21-22(17-6-4-5-15(11-24)14(17)3)27-23-18(25-21)8-9-19(29)26-23/h4-10,12-13H,1-3H3,(H,26,27,29). The van der Waals surface area contributed by atoms with Crippen LogP contribution in [0.25, 0.3) is 33.7 Å². The number of benzene rings is 1. The highest BCUT2D eigenvalue weighted by Crippen LogP contribution is 2.33. The van der Waals surface area contributed by atoms with Crippen molar-refractivity contribution in [3.05, 3.63) is 80.5 Å². The molecule has 0 spiro atoms. The molecule has 3 heterocycles. The number of H-pyrrole nitrogens is 1. The van der Waals surface area contributed by atoms with Gasteiger partial charge in [0.05, 0.1) is 23.0 Å². The van der Waals surface area contributed by atoms with Gasteiger partial charge < -0.3 is 9.55 Å². The lowest BCUT2D eigenvalue weighted by Crippen LogP contribution is -2.20. The van der Waals surface area contributed by atoms with E-state index < -0.39 is 0 Å². The van der Waals surface area contributed by atoms with E-state index in [2.05, 4.69) is 11.1 Å². The van der Waals surface area contributed by atoms with Crippen molar-refractivity contribution in [1.29, 1.82) is 5.26 Å². The van der Waals surface area contributed by atoms with Crippen LogP contribution in [-0.4, -0.2) is 19.5 Å². The summed E-state index contributed by atoms with van der Waals surface area (Å²) in [5, 5.41) is 9.44. The summed E-state index contributed by atoms with van der Waals surface area (Å²) in [6.07, 6.45) is 1.77. The predicted molar refractivity (Wildman–Crippen MR) is 115 cm³/mol. The van der Waals surface area contributed by atoms with Crippen LogP contribution in [-0.2, 0) is 0 Å². The van der Waals surface area contributed by atoms with Crippen LogP contribution in [0.4, 0.5) is 0 Å². The van der Waals surface area contributed by atoms with Gasteiger partial charge in [-0.05, 0) is 44.5 Å². The van der Waals surface area contributed by atoms with E-state index in [0.717, 1.165) is 16.7 Å². The molecule has 7 heteroatoms. The molecule has 30 heavy (non-hydrogen) atoms. The van der Waals surface area contributed by atoms with E-state index in [0.29, 0.717) is 28.1 Å². The van der Waals surface area contributed by atoms with E-state index in [1.54, 1.807) is 35.0 Å². The fourth-order valence-corrected chi connectivity index (χ4v) is 3.42. The molecule has 7 nitrogen and oxygen atoms in total. The second-order valence-corrected chi connectivity index (χ2v) is 7.32. The zero-order chi connectivity index (χ0) is 21.4. The Labute approximate surface area is 172 Å². The van der Waals surface area contributed by atoms with E-state index in [1.165, 1.54) is 12.1 Å². The van der Waals surface area contributed by atoms with Crippen molar-refractivity contribution < 1.29 is 0 Å². The molecule has 0 aliphatic heterocycles. The minimum absolute atomic E-state index is 0.0191. The maximum absolute atomic E-state index is 12.2. The molecule has 0 amide bonds. The summed E-state index contributed by atoms with van der Waals surface area (Å²) < 4.78 is 1.64. The fraction of sp³-hybridized carbons (Fsp3) is 0.174. The molecule has 148 valence electrons. The monoisotopic (exact) mass is 397 g/mol. The van der Waals surface area contributed by atoms with Gasteiger partial charge in [-0.1, -0.05) is 12.1 Å². The van der Waals surface area contributed by atoms with E-state index in [9.17, 15) is 14.9 Å². The number of hydrogen-bond acceptors (Lipinski definition) is 5. The highest BCUT2D eigenvalue weighted by atomic mass is 16.1. The lowest BCUT2D eigenvalue weighted by atomic mass is 9.97. The van der Waals surface area contributed by atoms with Crippen LogP contribution < -0.4 is 11.1 Å². The van der Waals surface area contributed by atoms with Crippen LogP contribution in [0.5, 0.6) is 0 Å². The number of aromatic nitrogens is 4. The van der Waals surface area contributed by atoms with E-state index in [4.69, 9.17) is 9.97 Å². The van der Waals surface area contributed by atoms with Crippen LogP contribution in [0.2, 0.25) is 0 Å². The fourth-order valence-electron chi connectivity index (χ4n) is 3.42. The number of rotatable bonds is 3. The molecule has 1 N–H and O–H groups in total. The SMILES string of the molecule is Cc1c(C#N)cccc1-c1nc2[nH]c(=O)ccc2nc1-c1ccc(=O)n(C(C)C)c1. The van der Waals surface area contributed by atoms with Gasteiger partial charge in [-0.25, -0.2) is 9.97 Å². The molecule has 0 aliphatic rings. The summed E-state index contributed by atoms with van der Waals surface area (Å²) in [5.74, 6) is 0. The van der Waals surface area contributed by atoms with Gasteiger partial charge in [-0.2, -0.15) is 5.26 Å². The van der Waals surface area contributed by atoms with Crippen molar-refractivity contribution in [3.8, 4) is 28.6 Å². The second kappa shape index (κ2) is 7.41. The Balaban J connectivity index is 2.09. The average molecular weight is 397 g/mol. The number of nitrogens with one attached hydrogen (secondary N) is 1. The third-order valence-electron chi connectivity index (χ3n) is 5.03. The van der Waals surface area contributed by atoms with Crippen LogP contribution >= 0.6 is 0 Å². The van der Waals surface area contributed by atoms with Crippen molar-refractivity contribution in [2.24, 2.45) is 0 Å². The molecule has 1 aromatic carbocycles. The largest absolute Gasteiger partial charge is 0.312 e. The zero-order valence-electron chi connectivity index (χ0n) is 16.8. The second-order valence-electron chi connectivity index (χ2n) is 7.32. The van der Waals surface area contributed by atoms with Gasteiger partial charge >= 0.3 is 0 Å². The van der Waals surface area contributed by atoms with Gasteiger partial charge in [0.15, 0.2) is 5.65 Å². The number of nitrogens with zero attached hydrogens (tertiary/aromatic N) is 4. The summed E-state index contributed by atoms with van der Waals surface area (Å²) in [6.45, 7) is 5.72. The van der Waals surface area contributed by atoms with Crippen molar-refractivity contribution in [2.75, 3.05) is 0 Å². The first kappa shape index (κ1) is 19.3. The van der Waals surface area contributed by atoms with Gasteiger partial charge in [0.2, 0.25) is 5.56 Å². The van der Waals surface area contributed by atoms with Crippen LogP contribution in [0.1, 0.15) is 31.0 Å². The Kier molecular flexibility index (Phi) is 4.76. The van der Waals surface area contributed by atoms with Gasteiger partial charge in [0.1, 0.15) is 5.52 Å².